The molecule has 0 bridgehead atoms. The van der Waals surface area contributed by atoms with Gasteiger partial charge in [0.2, 0.25) is 5.91 Å². The average Bonchev–Trinajstić information content (AvgIpc) is 2.53. The number of hydrogen-bond acceptors (Lipinski definition) is 4. The number of fused-ring (bicyclic) bond motifs is 1. The molecule has 6 heteroatoms. The fraction of sp³-hybridized carbons (Fsp3) is 0.263. The lowest BCUT2D eigenvalue weighted by Crippen LogP contribution is -2.40. The van der Waals surface area contributed by atoms with Crippen molar-refractivity contribution in [3.05, 3.63) is 64.1 Å². The van der Waals surface area contributed by atoms with E-state index in [4.69, 9.17) is 10.7 Å². The van der Waals surface area contributed by atoms with Gasteiger partial charge in [-0.15, -0.1) is 0 Å². The highest BCUT2D eigenvalue weighted by molar-refractivity contribution is 9.10. The Morgan fingerprint density at radius 2 is 2.00 bits per heavy atom. The summed E-state index contributed by atoms with van der Waals surface area (Å²) in [6, 6.07) is 14.4. The molecule has 0 radical (unpaired) electrons. The van der Waals surface area contributed by atoms with Crippen LogP contribution in [0.1, 0.15) is 25.0 Å². The summed E-state index contributed by atoms with van der Waals surface area (Å²) >= 11 is 3.39. The molecule has 2 aromatic rings. The normalized spacial score (nSPS) is 17.0. The second kappa shape index (κ2) is 6.88. The molecule has 5 nitrogen and oxygen atoms in total. The van der Waals surface area contributed by atoms with Gasteiger partial charge in [0, 0.05) is 10.0 Å². The predicted molar refractivity (Wildman–Crippen MR) is 102 cm³/mol. The molecule has 0 saturated carbocycles. The molecule has 1 amide bonds. The first kappa shape index (κ1) is 17.5. The highest BCUT2D eigenvalue weighted by Crippen LogP contribution is 2.29. The molecule has 0 aliphatic carbocycles. The van der Waals surface area contributed by atoms with E-state index in [0.29, 0.717) is 11.4 Å². The molecule has 0 aromatic heterocycles. The number of primary amides is 1. The van der Waals surface area contributed by atoms with Crippen molar-refractivity contribution in [3.8, 4) is 0 Å². The molecule has 2 aromatic carbocycles. The summed E-state index contributed by atoms with van der Waals surface area (Å²) in [4.78, 5) is 16.8. The van der Waals surface area contributed by atoms with Crippen LogP contribution in [0.5, 0.6) is 0 Å². The fourth-order valence-electron chi connectivity index (χ4n) is 2.93. The van der Waals surface area contributed by atoms with Gasteiger partial charge in [-0.1, -0.05) is 46.3 Å². The molecule has 2 N–H and O–H groups in total. The van der Waals surface area contributed by atoms with Gasteiger partial charge in [0.1, 0.15) is 0 Å². The highest BCUT2D eigenvalue weighted by Gasteiger charge is 2.33. The average molecular weight is 399 g/mol. The van der Waals surface area contributed by atoms with Crippen molar-refractivity contribution in [3.63, 3.8) is 0 Å². The van der Waals surface area contributed by atoms with Crippen LogP contribution in [0.2, 0.25) is 0 Å². The van der Waals surface area contributed by atoms with E-state index in [1.54, 1.807) is 0 Å². The zero-order chi connectivity index (χ0) is 18.0. The van der Waals surface area contributed by atoms with E-state index in [-0.39, 0.29) is 5.54 Å². The number of benzene rings is 2. The van der Waals surface area contributed by atoms with Gasteiger partial charge in [-0.3, -0.25) is 9.79 Å². The number of carbonyl (C=O) groups is 1. The number of carbonyl (C=O) groups excluding carboxylic acids is 1. The van der Waals surface area contributed by atoms with Gasteiger partial charge in [-0.05, 0) is 44.0 Å². The van der Waals surface area contributed by atoms with Gasteiger partial charge < -0.3 is 5.73 Å². The smallest absolute Gasteiger partial charge is 0.250 e. The summed E-state index contributed by atoms with van der Waals surface area (Å²) in [7, 11) is 0. The Labute approximate surface area is 155 Å². The third kappa shape index (κ3) is 4.02. The number of nitrogens with zero attached hydrogens (tertiary/aromatic N) is 3. The summed E-state index contributed by atoms with van der Waals surface area (Å²) in [5.41, 5.74) is 8.59. The molecule has 1 atom stereocenters. The van der Waals surface area contributed by atoms with Crippen LogP contribution in [0.15, 0.2) is 68.2 Å². The van der Waals surface area contributed by atoms with Gasteiger partial charge in [-0.2, -0.15) is 10.2 Å². The van der Waals surface area contributed by atoms with Gasteiger partial charge >= 0.3 is 0 Å². The van der Waals surface area contributed by atoms with E-state index in [2.05, 4.69) is 32.2 Å². The maximum Gasteiger partial charge on any atom is 0.250 e. The number of amides is 1. The third-order valence-corrected chi connectivity index (χ3v) is 4.46. The van der Waals surface area contributed by atoms with E-state index >= 15 is 0 Å². The number of azo groups is 1. The molecule has 3 rings (SSSR count). The van der Waals surface area contributed by atoms with Crippen LogP contribution < -0.4 is 5.73 Å². The first-order valence-corrected chi connectivity index (χ1v) is 8.79. The topological polar surface area (TPSA) is 80.2 Å². The summed E-state index contributed by atoms with van der Waals surface area (Å²) < 4.78 is 0.890. The van der Waals surface area contributed by atoms with E-state index in [0.717, 1.165) is 22.0 Å². The molecule has 0 spiro atoms. The van der Waals surface area contributed by atoms with Crippen LogP contribution in [0.25, 0.3) is 0 Å². The summed E-state index contributed by atoms with van der Waals surface area (Å²) in [5.74, 6) is -0.565. The van der Waals surface area contributed by atoms with Crippen molar-refractivity contribution in [1.29, 1.82) is 0 Å². The largest absolute Gasteiger partial charge is 0.367 e. The van der Waals surface area contributed by atoms with Crippen LogP contribution in [0, 0.1) is 0 Å². The molecule has 1 heterocycles. The first-order valence-electron chi connectivity index (χ1n) is 7.99. The van der Waals surface area contributed by atoms with Gasteiger partial charge in [0.25, 0.3) is 0 Å². The van der Waals surface area contributed by atoms with Crippen molar-refractivity contribution >= 4 is 33.2 Å². The van der Waals surface area contributed by atoms with Crippen LogP contribution in [-0.2, 0) is 11.2 Å². The second-order valence-electron chi connectivity index (χ2n) is 6.64. The van der Waals surface area contributed by atoms with Crippen LogP contribution in [0.3, 0.4) is 0 Å². The van der Waals surface area contributed by atoms with Crippen molar-refractivity contribution in [1.82, 2.24) is 0 Å². The predicted octanol–water partition coefficient (Wildman–Crippen LogP) is 4.21. The maximum atomic E-state index is 12.1. The van der Waals surface area contributed by atoms with E-state index < -0.39 is 11.9 Å². The summed E-state index contributed by atoms with van der Waals surface area (Å²) in [6.07, 6.45) is 0.806. The second-order valence-corrected chi connectivity index (χ2v) is 7.56. The minimum absolute atomic E-state index is 0.317. The fourth-order valence-corrected chi connectivity index (χ4v) is 3.32. The highest BCUT2D eigenvalue weighted by atomic mass is 79.9. The Balaban J connectivity index is 2.02. The van der Waals surface area contributed by atoms with Crippen LogP contribution in [-0.4, -0.2) is 23.2 Å². The first-order chi connectivity index (χ1) is 11.9. The monoisotopic (exact) mass is 398 g/mol. The summed E-state index contributed by atoms with van der Waals surface area (Å²) in [6.45, 7) is 4.07. The maximum absolute atomic E-state index is 12.1. The lowest BCUT2D eigenvalue weighted by atomic mass is 9.85. The molecular weight excluding hydrogens is 380 g/mol. The van der Waals surface area contributed by atoms with Crippen LogP contribution >= 0.6 is 15.9 Å². The molecule has 128 valence electrons. The standard InChI is InChI=1S/C19H19BrN4O/c1-19(2)11-12-6-3-4-9-15(12)16(22-19)17(18(21)25)24-23-14-8-5-7-13(20)10-14/h3-10,17H,11H2,1-2H3,(H2,21,25). The molecule has 1 aliphatic heterocycles. The van der Waals surface area contributed by atoms with E-state index in [1.165, 1.54) is 0 Å². The Morgan fingerprint density at radius 3 is 2.72 bits per heavy atom. The molecule has 0 fully saturated rings. The summed E-state index contributed by atoms with van der Waals surface area (Å²) in [5, 5.41) is 8.42. The number of aliphatic imine (C=N–C) groups is 1. The number of halogens is 1. The minimum Gasteiger partial charge on any atom is -0.367 e. The Morgan fingerprint density at radius 1 is 1.24 bits per heavy atom. The number of hydrogen-bond donors (Lipinski definition) is 1. The Kier molecular flexibility index (Phi) is 4.81. The lowest BCUT2D eigenvalue weighted by molar-refractivity contribution is -0.117. The molecular formula is C19H19BrN4O. The number of nitrogens with two attached hydrogens (primary N) is 1. The van der Waals surface area contributed by atoms with Gasteiger partial charge in [0.15, 0.2) is 6.04 Å². The zero-order valence-corrected chi connectivity index (χ0v) is 15.7. The van der Waals surface area contributed by atoms with E-state index in [1.807, 2.05) is 56.3 Å². The van der Waals surface area contributed by atoms with Gasteiger partial charge in [-0.25, -0.2) is 0 Å². The lowest BCUT2D eigenvalue weighted by Gasteiger charge is -2.30. The van der Waals surface area contributed by atoms with Crippen molar-refractivity contribution in [2.45, 2.75) is 31.8 Å². The molecule has 25 heavy (non-hydrogen) atoms. The van der Waals surface area contributed by atoms with Crippen molar-refractivity contribution < 1.29 is 4.79 Å². The molecule has 1 unspecified atom stereocenters. The quantitative estimate of drug-likeness (QED) is 0.768. The third-order valence-electron chi connectivity index (χ3n) is 3.96. The van der Waals surface area contributed by atoms with Gasteiger partial charge in [0.05, 0.1) is 16.9 Å². The van der Waals surface area contributed by atoms with E-state index in [9.17, 15) is 4.79 Å². The zero-order valence-electron chi connectivity index (χ0n) is 14.1. The Hall–Kier alpha value is -2.34. The van der Waals surface area contributed by atoms with Crippen molar-refractivity contribution in [2.24, 2.45) is 21.0 Å². The SMILES string of the molecule is CC1(C)Cc2ccccc2C(C(N=Nc2cccc(Br)c2)C(N)=O)=N1. The number of rotatable bonds is 4. The minimum atomic E-state index is -0.917. The molecule has 0 saturated heterocycles. The van der Waals surface area contributed by atoms with Crippen molar-refractivity contribution in [2.75, 3.05) is 0 Å². The van der Waals surface area contributed by atoms with Crippen LogP contribution in [0.4, 0.5) is 5.69 Å². The Bertz CT molecular complexity index is 873. The molecule has 1 aliphatic rings.